The molecule has 0 saturated carbocycles. The fourth-order valence-corrected chi connectivity index (χ4v) is 15.6. The molecule has 8 unspecified atom stereocenters. The van der Waals surface area contributed by atoms with Crippen LogP contribution in [0.2, 0.25) is 0 Å². The highest BCUT2D eigenvalue weighted by molar-refractivity contribution is 5.21. The van der Waals surface area contributed by atoms with Gasteiger partial charge in [0.15, 0.2) is 18.6 Å². The number of ether oxygens (including phenoxy) is 1. The third kappa shape index (κ3) is 47.4. The molecule has 30 nitrogen and oxygen atoms in total. The largest absolute Gasteiger partial charge is 0.411 e. The van der Waals surface area contributed by atoms with E-state index >= 15 is 0 Å². The van der Waals surface area contributed by atoms with E-state index in [0.29, 0.717) is 142 Å². The Morgan fingerprint density at radius 1 is 0.333 bits per heavy atom. The van der Waals surface area contributed by atoms with Crippen LogP contribution in [0, 0.1) is 236 Å². The lowest BCUT2D eigenvalue weighted by atomic mass is 10.0. The van der Waals surface area contributed by atoms with Gasteiger partial charge in [-0.3, -0.25) is 88.2 Å². The summed E-state index contributed by atoms with van der Waals surface area (Å²) in [6.45, 7) is 32.6. The summed E-state index contributed by atoms with van der Waals surface area (Å²) in [5, 5.41) is 94.3. The first-order chi connectivity index (χ1) is 64.9. The Hall–Kier alpha value is -11.7. The maximum atomic E-state index is 13.5. The lowest BCUT2D eigenvalue weighted by Crippen LogP contribution is -2.61. The van der Waals surface area contributed by atoms with Gasteiger partial charge in [-0.05, 0) is 26.3 Å². The van der Waals surface area contributed by atoms with E-state index in [2.05, 4.69) is 172 Å². The van der Waals surface area contributed by atoms with Gasteiger partial charge in [0.1, 0.15) is 24.9 Å². The second-order valence-corrected chi connectivity index (χ2v) is 32.2. The number of hydrogen-bond donors (Lipinski definition) is 0. The Morgan fingerprint density at radius 3 is 1.12 bits per heavy atom. The summed E-state index contributed by atoms with van der Waals surface area (Å²) in [5.41, 5.74) is 1.27. The molecule has 135 heavy (non-hydrogen) atoms. The van der Waals surface area contributed by atoms with Crippen LogP contribution >= 0.6 is 0 Å². The highest BCUT2D eigenvalue weighted by Gasteiger charge is 2.49. The predicted molar refractivity (Wildman–Crippen MR) is 498 cm³/mol. The molecule has 9 fully saturated rings. The van der Waals surface area contributed by atoms with Crippen LogP contribution in [-0.2, 0) is 4.74 Å². The minimum atomic E-state index is -4.48. The molecule has 722 valence electrons. The third-order valence-electron chi connectivity index (χ3n) is 23.4. The quantitative estimate of drug-likeness (QED) is 0.0652. The van der Waals surface area contributed by atoms with Crippen molar-refractivity contribution in [2.45, 2.75) is 107 Å². The number of benzene rings is 1. The summed E-state index contributed by atoms with van der Waals surface area (Å²) in [5.74, 6) is 22.8. The fourth-order valence-electron chi connectivity index (χ4n) is 15.6. The first-order valence-corrected chi connectivity index (χ1v) is 44.3. The molecule has 9 heterocycles. The van der Waals surface area contributed by atoms with Gasteiger partial charge in [-0.1, -0.05) is 83.6 Å². The van der Waals surface area contributed by atoms with E-state index in [4.69, 9.17) is 120 Å². The van der Waals surface area contributed by atoms with Crippen LogP contribution in [0.4, 0.5) is 35.1 Å². The lowest BCUT2D eigenvalue weighted by molar-refractivity contribution is -0.209. The molecule has 9 aliphatic rings. The van der Waals surface area contributed by atoms with E-state index in [0.717, 1.165) is 147 Å². The van der Waals surface area contributed by atoms with Crippen LogP contribution in [0.5, 0.6) is 0 Å². The molecule has 0 bridgehead atoms. The van der Waals surface area contributed by atoms with E-state index in [-0.39, 0.29) is 38.8 Å². The van der Waals surface area contributed by atoms with E-state index in [1.54, 1.807) is 11.0 Å². The van der Waals surface area contributed by atoms with Crippen LogP contribution in [0.1, 0.15) is 45.2 Å². The van der Waals surface area contributed by atoms with Crippen molar-refractivity contribution in [1.82, 2.24) is 88.2 Å². The van der Waals surface area contributed by atoms with Crippen molar-refractivity contribution in [2.24, 2.45) is 0 Å². The third-order valence-corrected chi connectivity index (χ3v) is 23.4. The van der Waals surface area contributed by atoms with Crippen molar-refractivity contribution in [3.63, 3.8) is 0 Å². The van der Waals surface area contributed by atoms with Crippen molar-refractivity contribution in [3.05, 3.63) is 35.9 Å². The Balaban J connectivity index is 0.000000515. The number of piperazine rings is 9. The van der Waals surface area contributed by atoms with Crippen LogP contribution in [0.25, 0.3) is 0 Å². The Labute approximate surface area is 797 Å². The summed E-state index contributed by atoms with van der Waals surface area (Å²) in [7, 11) is 0. The number of terminal acetylenes is 9. The van der Waals surface area contributed by atoms with Crippen molar-refractivity contribution >= 4 is 0 Å². The number of rotatable bonds is 23. The average Bonchev–Trinajstić information content (AvgIpc) is 0.803. The van der Waals surface area contributed by atoms with Crippen molar-refractivity contribution in [1.29, 1.82) is 57.9 Å². The molecule has 1 aromatic carbocycles. The SMILES string of the molecule is C#CC(C#C)N1CCN(C(C#N)C#N)CC1.C#CCN1CC(F)N(CC#N)CC1C(F)(F)F.C#CCN1CCN(CC#N)C(C)C1.C#CCN1CCN(CC#N)C(C)C1C.C#CCN1CCN(CC#N)C(F)C1.C#CCN1CCN(CC#N)C(OCC(F)(F)F)C1.C#CCN1CCN(CC#N)CC1.C#CCN1CCN(CC#N)CC1c1ccccc1.N#CCCN1CCN(CCC#N)CC1. The number of nitriles is 11. The minimum Gasteiger partial charge on any atom is -0.352 e. The highest BCUT2D eigenvalue weighted by atomic mass is 19.4. The van der Waals surface area contributed by atoms with Gasteiger partial charge >= 0.3 is 12.4 Å². The molecule has 38 heteroatoms. The van der Waals surface area contributed by atoms with Gasteiger partial charge in [0, 0.05) is 233 Å². The molecule has 10 rings (SSSR count). The average molecular weight is 1870 g/mol. The van der Waals surface area contributed by atoms with Crippen LogP contribution in [0.3, 0.4) is 0 Å². The van der Waals surface area contributed by atoms with Gasteiger partial charge in [0.05, 0.1) is 158 Å². The summed E-state index contributed by atoms with van der Waals surface area (Å²) < 4.78 is 106. The zero-order valence-corrected chi connectivity index (χ0v) is 78.0. The predicted octanol–water partition coefficient (Wildman–Crippen LogP) is 3.75. The maximum absolute atomic E-state index is 13.5. The minimum absolute atomic E-state index is 0.0480. The first-order valence-electron chi connectivity index (χ1n) is 44.3. The van der Waals surface area contributed by atoms with Crippen LogP contribution < -0.4 is 0 Å². The molecular weight excluding hydrogens is 1740 g/mol. The highest BCUT2D eigenvalue weighted by Crippen LogP contribution is 2.31. The molecule has 8 atom stereocenters. The van der Waals surface area contributed by atoms with Gasteiger partial charge in [-0.15, -0.1) is 57.8 Å². The van der Waals surface area contributed by atoms with Gasteiger partial charge < -0.3 is 4.74 Å². The Kier molecular flexibility index (Phi) is 62.0. The van der Waals surface area contributed by atoms with Gasteiger partial charge in [0.25, 0.3) is 0 Å². The molecule has 0 aromatic heterocycles. The number of nitrogens with zero attached hydrogens (tertiary/aromatic N) is 29. The topological polar surface area (TPSA) is 329 Å². The monoisotopic (exact) mass is 1870 g/mol. The summed E-state index contributed by atoms with van der Waals surface area (Å²) >= 11 is 0. The number of halogens is 8. The number of hydrogen-bond acceptors (Lipinski definition) is 30. The summed E-state index contributed by atoms with van der Waals surface area (Å²) in [4.78, 5) is 34.8. The van der Waals surface area contributed by atoms with E-state index < -0.39 is 63.0 Å². The smallest absolute Gasteiger partial charge is 0.352 e. The van der Waals surface area contributed by atoms with Gasteiger partial charge in [-0.2, -0.15) is 84.2 Å². The second-order valence-electron chi connectivity index (χ2n) is 32.2. The van der Waals surface area contributed by atoms with E-state index in [1.165, 1.54) is 10.5 Å². The molecule has 0 N–H and O–H groups in total. The second kappa shape index (κ2) is 70.1. The lowest BCUT2D eigenvalue weighted by Gasteiger charge is -2.43. The number of alkyl halides is 8. The normalized spacial score (nSPS) is 22.9. The first kappa shape index (κ1) is 119. The van der Waals surface area contributed by atoms with E-state index in [9.17, 15) is 35.1 Å². The standard InChI is InChI=1S/C15H17N3.C12H12N4.C11H14F3N3O.C11H17N3.C10H11F4N3.C10H16N4.C10H15N3.C9H12FN3.C9H13N3/c1-2-9-18-12-11-17(10-8-16)13-15(18)14-6-4-3-5-7-14;1-3-11(4-2)15-5-7-16(8-6-15)12(9-13)10-14;1-2-4-16-6-7-17(5-3-15)10(8-16)18-9-11(12,13)14;1-4-6-13-8-9-14(7-5-12)11(3)10(13)2;1-2-4-16-7-9(11)17(5-3-15)6-8(16)10(12,13)14;11-3-1-5-13-7-9-14(10-8-13)6-2-4-12;1-3-5-12-7-8-13(6-4-11)10(2)9-12;1-2-4-12-6-7-13(5-3-11)9(10)8-12;1-2-4-11-6-8-12(5-3-10)9-7-11/h1,3-7,15H,9-13H2;1-2,11-12H,5-8H2;1,10H,4-9H2;1,10-11H,6-9H2,2-3H3;1,8-9H,4-7H2;1-2,5-10H2;1,10H,5-9H2,2H3;1,9H,4-8H2;1H,4-9H2. The van der Waals surface area contributed by atoms with Gasteiger partial charge in [-0.25, -0.2) is 8.78 Å². The summed E-state index contributed by atoms with van der Waals surface area (Å²) in [6, 6.07) is 31.7. The zero-order valence-electron chi connectivity index (χ0n) is 78.0. The molecule has 0 aliphatic carbocycles. The Bertz CT molecular complexity index is 4300. The maximum Gasteiger partial charge on any atom is 0.411 e. The molecule has 9 aliphatic heterocycles. The molecule has 9 saturated heterocycles. The molecule has 1 aromatic rings. The van der Waals surface area contributed by atoms with Crippen LogP contribution in [-0.4, -0.2) is 450 Å². The zero-order chi connectivity index (χ0) is 100. The van der Waals surface area contributed by atoms with Crippen molar-refractivity contribution in [3.8, 4) is 178 Å². The molecular formula is C97H127F8N29O. The fraction of sp³-hybridized carbons (Fsp3) is 0.639. The Morgan fingerprint density at radius 2 is 0.681 bits per heavy atom. The van der Waals surface area contributed by atoms with Crippen molar-refractivity contribution in [2.75, 3.05) is 295 Å². The van der Waals surface area contributed by atoms with E-state index in [1.807, 2.05) is 62.1 Å². The molecule has 0 amide bonds. The summed E-state index contributed by atoms with van der Waals surface area (Å²) in [6.07, 6.45) is 36.0. The molecule has 0 spiro atoms. The van der Waals surface area contributed by atoms with Gasteiger partial charge in [0.2, 0.25) is 0 Å². The van der Waals surface area contributed by atoms with Crippen molar-refractivity contribution < 1.29 is 39.9 Å². The molecule has 0 radical (unpaired) electrons. The van der Waals surface area contributed by atoms with Crippen LogP contribution in [0.15, 0.2) is 30.3 Å².